The second kappa shape index (κ2) is 7.31. The van der Waals surface area contributed by atoms with Gasteiger partial charge in [0.25, 0.3) is 0 Å². The minimum Gasteiger partial charge on any atom is -0.448 e. The van der Waals surface area contributed by atoms with E-state index in [-0.39, 0.29) is 0 Å². The molecule has 0 heterocycles. The van der Waals surface area contributed by atoms with Crippen molar-refractivity contribution in [2.45, 2.75) is 33.7 Å². The van der Waals surface area contributed by atoms with Gasteiger partial charge in [-0.3, -0.25) is 4.79 Å². The van der Waals surface area contributed by atoms with Crippen molar-refractivity contribution in [2.75, 3.05) is 11.4 Å². The normalized spacial score (nSPS) is 10.7. The van der Waals surface area contributed by atoms with E-state index < -0.39 is 10.6 Å². The van der Waals surface area contributed by atoms with Crippen molar-refractivity contribution in [3.8, 4) is 0 Å². The summed E-state index contributed by atoms with van der Waals surface area (Å²) in [6.07, 6.45) is 1.79. The molecular weight excluding hydrogens is 260 g/mol. The zero-order valence-corrected chi connectivity index (χ0v) is 12.5. The number of carbonyl (C=O) groups is 1. The number of nitrogens with zero attached hydrogens (tertiary/aromatic N) is 1. The van der Waals surface area contributed by atoms with Crippen molar-refractivity contribution in [1.82, 2.24) is 4.72 Å². The molecule has 5 heteroatoms. The predicted molar refractivity (Wildman–Crippen MR) is 81.6 cm³/mol. The number of benzene rings is 1. The average molecular weight is 281 g/mol. The molecule has 0 bridgehead atoms. The van der Waals surface area contributed by atoms with Crippen LogP contribution in [0.25, 0.3) is 0 Å². The molecule has 0 aliphatic heterocycles. The van der Waals surface area contributed by atoms with Gasteiger partial charge in [0, 0.05) is 18.8 Å². The summed E-state index contributed by atoms with van der Waals surface area (Å²) in [7, 11) is -1.26. The quantitative estimate of drug-likeness (QED) is 0.472. The lowest BCUT2D eigenvalue weighted by atomic mass is 10.0. The number of hydrogen-bond donors (Lipinski definition) is 1. The van der Waals surface area contributed by atoms with Crippen molar-refractivity contribution in [1.29, 1.82) is 0 Å². The standard InChI is InChI=1S/C14H21N2O2S/c1-5-6-16(10-17)14-11(2)7-13(8-12(14)3)9-15-19(4)18/h7-8,10H,4-6,9H2,1-3H3,(H,15,18)/q-1. The Kier molecular flexibility index (Phi) is 6.05. The van der Waals surface area contributed by atoms with Crippen LogP contribution >= 0.6 is 0 Å². The van der Waals surface area contributed by atoms with Crippen LogP contribution in [0.2, 0.25) is 0 Å². The molecule has 0 atom stereocenters. The third kappa shape index (κ3) is 4.36. The van der Waals surface area contributed by atoms with Crippen LogP contribution in [0.1, 0.15) is 30.0 Å². The largest absolute Gasteiger partial charge is 0.448 e. The summed E-state index contributed by atoms with van der Waals surface area (Å²) >= 11 is 0. The summed E-state index contributed by atoms with van der Waals surface area (Å²) in [6.45, 7) is 7.24. The molecule has 0 radical (unpaired) electrons. The van der Waals surface area contributed by atoms with E-state index in [0.29, 0.717) is 13.1 Å². The van der Waals surface area contributed by atoms with Gasteiger partial charge in [-0.2, -0.15) is 5.87 Å². The van der Waals surface area contributed by atoms with Crippen molar-refractivity contribution in [2.24, 2.45) is 0 Å². The van der Waals surface area contributed by atoms with Gasteiger partial charge < -0.3 is 13.8 Å². The van der Waals surface area contributed by atoms with Crippen molar-refractivity contribution < 1.29 is 9.00 Å². The number of anilines is 1. The fourth-order valence-corrected chi connectivity index (χ4v) is 2.55. The molecule has 0 aromatic heterocycles. The monoisotopic (exact) mass is 281 g/mol. The van der Waals surface area contributed by atoms with Crippen LogP contribution < -0.4 is 9.62 Å². The first kappa shape index (κ1) is 15.7. The molecule has 19 heavy (non-hydrogen) atoms. The lowest BCUT2D eigenvalue weighted by Crippen LogP contribution is -2.24. The molecule has 1 N–H and O–H groups in total. The Morgan fingerprint density at radius 1 is 1.37 bits per heavy atom. The highest BCUT2D eigenvalue weighted by Gasteiger charge is 2.11. The van der Waals surface area contributed by atoms with E-state index in [1.165, 1.54) is 0 Å². The minimum absolute atomic E-state index is 0.507. The molecule has 0 spiro atoms. The van der Waals surface area contributed by atoms with E-state index in [4.69, 9.17) is 0 Å². The molecule has 4 nitrogen and oxygen atoms in total. The van der Waals surface area contributed by atoms with Gasteiger partial charge in [-0.1, -0.05) is 19.1 Å². The van der Waals surface area contributed by atoms with Crippen LogP contribution in [0.5, 0.6) is 0 Å². The van der Waals surface area contributed by atoms with E-state index in [2.05, 4.69) is 10.6 Å². The zero-order chi connectivity index (χ0) is 14.4. The maximum atomic E-state index is 11.2. The third-order valence-corrected chi connectivity index (χ3v) is 3.33. The second-order valence-electron chi connectivity index (χ2n) is 4.54. The number of aryl methyl sites for hydroxylation is 2. The summed E-state index contributed by atoms with van der Waals surface area (Å²) in [6, 6.07) is 4.02. The Morgan fingerprint density at radius 2 is 1.95 bits per heavy atom. The van der Waals surface area contributed by atoms with Gasteiger partial charge in [0.05, 0.1) is 0 Å². The number of nitrogens with one attached hydrogen (secondary N) is 1. The minimum atomic E-state index is -1.26. The average Bonchev–Trinajstić information content (AvgIpc) is 2.34. The molecule has 1 amide bonds. The van der Waals surface area contributed by atoms with Gasteiger partial charge in [0.2, 0.25) is 6.41 Å². The smallest absolute Gasteiger partial charge is 0.214 e. The molecule has 0 aliphatic rings. The zero-order valence-electron chi connectivity index (χ0n) is 11.7. The molecule has 0 fully saturated rings. The molecule has 0 saturated carbocycles. The summed E-state index contributed by atoms with van der Waals surface area (Å²) in [5.74, 6) is 3.39. The van der Waals surface area contributed by atoms with E-state index in [0.717, 1.165) is 35.2 Å². The number of hydrogen-bond acceptors (Lipinski definition) is 3. The SMILES string of the molecule is C=[S-](=O)NCc1cc(C)c(N(C=O)CCC)c(C)c1. The highest BCUT2D eigenvalue weighted by molar-refractivity contribution is 7.80. The van der Waals surface area contributed by atoms with E-state index >= 15 is 0 Å². The Bertz CT molecular complexity index is 493. The van der Waals surface area contributed by atoms with Gasteiger partial charge in [-0.15, -0.1) is 0 Å². The highest BCUT2D eigenvalue weighted by Crippen LogP contribution is 2.25. The maximum absolute atomic E-state index is 11.2. The lowest BCUT2D eigenvalue weighted by molar-refractivity contribution is -0.107. The van der Waals surface area contributed by atoms with E-state index in [1.54, 1.807) is 4.90 Å². The van der Waals surface area contributed by atoms with Crippen molar-refractivity contribution in [3.63, 3.8) is 0 Å². The van der Waals surface area contributed by atoms with Crippen LogP contribution in [-0.4, -0.2) is 18.8 Å². The Hall–Kier alpha value is -1.33. The van der Waals surface area contributed by atoms with Gasteiger partial charge >= 0.3 is 0 Å². The van der Waals surface area contributed by atoms with Gasteiger partial charge in [0.15, 0.2) is 0 Å². The Balaban J connectivity index is 3.05. The molecule has 1 rings (SSSR count). The molecule has 0 unspecified atom stereocenters. The van der Waals surface area contributed by atoms with Gasteiger partial charge in [-0.05, 0) is 37.0 Å². The van der Waals surface area contributed by atoms with E-state index in [9.17, 15) is 9.00 Å². The summed E-state index contributed by atoms with van der Waals surface area (Å²) < 4.78 is 13.7. The summed E-state index contributed by atoms with van der Waals surface area (Å²) in [5.41, 5.74) is 4.11. The van der Waals surface area contributed by atoms with Crippen LogP contribution in [0, 0.1) is 13.8 Å². The van der Waals surface area contributed by atoms with Crippen molar-refractivity contribution in [3.05, 3.63) is 28.8 Å². The first-order valence-corrected chi connectivity index (χ1v) is 7.58. The molecule has 1 aromatic carbocycles. The highest BCUT2D eigenvalue weighted by atomic mass is 32.2. The van der Waals surface area contributed by atoms with E-state index in [1.807, 2.05) is 32.9 Å². The summed E-state index contributed by atoms with van der Waals surface area (Å²) in [4.78, 5) is 12.9. The first-order chi connectivity index (χ1) is 8.99. The Labute approximate surface area is 117 Å². The maximum Gasteiger partial charge on any atom is 0.214 e. The topological polar surface area (TPSA) is 49.4 Å². The molecular formula is C14H21N2O2S-. The number of carbonyl (C=O) groups excluding carboxylic acids is 1. The third-order valence-electron chi connectivity index (χ3n) is 2.87. The second-order valence-corrected chi connectivity index (χ2v) is 5.52. The van der Waals surface area contributed by atoms with Crippen molar-refractivity contribution >= 4 is 28.5 Å². The van der Waals surface area contributed by atoms with Gasteiger partial charge in [0.1, 0.15) is 0 Å². The predicted octanol–water partition coefficient (Wildman–Crippen LogP) is 2.08. The molecule has 0 aliphatic carbocycles. The number of amides is 1. The lowest BCUT2D eigenvalue weighted by Gasteiger charge is -2.22. The molecule has 106 valence electrons. The van der Waals surface area contributed by atoms with Crippen LogP contribution in [-0.2, 0) is 26.1 Å². The summed E-state index contributed by atoms with van der Waals surface area (Å²) in [5, 5.41) is 0. The fourth-order valence-electron chi connectivity index (χ4n) is 2.22. The molecule has 0 saturated heterocycles. The molecule has 1 aromatic rings. The fraction of sp³-hybridized carbons (Fsp3) is 0.429. The Morgan fingerprint density at radius 3 is 2.37 bits per heavy atom. The number of rotatable bonds is 7. The first-order valence-electron chi connectivity index (χ1n) is 6.26. The van der Waals surface area contributed by atoms with Crippen LogP contribution in [0.3, 0.4) is 0 Å². The van der Waals surface area contributed by atoms with Crippen LogP contribution in [0.4, 0.5) is 5.69 Å². The van der Waals surface area contributed by atoms with Gasteiger partial charge in [-0.25, -0.2) is 10.6 Å². The van der Waals surface area contributed by atoms with Crippen LogP contribution in [0.15, 0.2) is 12.1 Å².